The van der Waals surface area contributed by atoms with E-state index in [9.17, 15) is 0 Å². The van der Waals surface area contributed by atoms with Crippen LogP contribution in [0.3, 0.4) is 0 Å². The van der Waals surface area contributed by atoms with E-state index in [-0.39, 0.29) is 0 Å². The van der Waals surface area contributed by atoms with Gasteiger partial charge in [-0.05, 0) is 41.8 Å². The first-order valence-electron chi connectivity index (χ1n) is 6.44. The van der Waals surface area contributed by atoms with Crippen LogP contribution in [0.1, 0.15) is 19.3 Å². The van der Waals surface area contributed by atoms with Gasteiger partial charge in [0.05, 0.1) is 0 Å². The summed E-state index contributed by atoms with van der Waals surface area (Å²) in [5.74, 6) is 0.845. The summed E-state index contributed by atoms with van der Waals surface area (Å²) in [6, 6.07) is 5.16. The lowest BCUT2D eigenvalue weighted by Gasteiger charge is -2.15. The molecule has 1 atom stereocenters. The Morgan fingerprint density at radius 2 is 2.17 bits per heavy atom. The Hall–Kier alpha value is -1.76. The smallest absolute Gasteiger partial charge is 0.200 e. The molecule has 7 nitrogen and oxygen atoms in total. The van der Waals surface area contributed by atoms with Gasteiger partial charge in [0, 0.05) is 25.2 Å². The number of aromatic nitrogens is 5. The molecule has 2 fully saturated rings. The second-order valence-corrected chi connectivity index (χ2v) is 5.10. The molecule has 0 aromatic carbocycles. The van der Waals surface area contributed by atoms with Crippen LogP contribution in [0, 0.1) is 0 Å². The molecule has 18 heavy (non-hydrogen) atoms. The topological polar surface area (TPSA) is 71.2 Å². The molecule has 2 aliphatic rings. The lowest BCUT2D eigenvalue weighted by molar-refractivity contribution is 0.326. The number of nitrogens with zero attached hydrogens (tertiary/aromatic N) is 6. The third-order valence-electron chi connectivity index (χ3n) is 3.70. The van der Waals surface area contributed by atoms with Crippen LogP contribution in [0.5, 0.6) is 0 Å². The van der Waals surface area contributed by atoms with E-state index in [0.717, 1.165) is 18.4 Å². The number of hydrogen-bond donors (Lipinski definition) is 1. The Morgan fingerprint density at radius 1 is 1.22 bits per heavy atom. The third-order valence-corrected chi connectivity index (χ3v) is 3.70. The first-order valence-corrected chi connectivity index (χ1v) is 6.44. The molecule has 2 aromatic heterocycles. The van der Waals surface area contributed by atoms with Crippen molar-refractivity contribution in [3.8, 4) is 0 Å². The van der Waals surface area contributed by atoms with Crippen LogP contribution in [0.4, 0.5) is 5.82 Å². The number of nitrogens with one attached hydrogen (secondary N) is 1. The largest absolute Gasteiger partial charge is 0.365 e. The van der Waals surface area contributed by atoms with Gasteiger partial charge in [0.15, 0.2) is 5.65 Å². The summed E-state index contributed by atoms with van der Waals surface area (Å²) in [5, 5.41) is 19.0. The predicted octanol–water partition coefficient (Wildman–Crippen LogP) is 0.168. The number of likely N-dealkylation sites (tertiary alicyclic amines) is 1. The number of rotatable bonds is 3. The van der Waals surface area contributed by atoms with Gasteiger partial charge in [0.2, 0.25) is 0 Å². The zero-order chi connectivity index (χ0) is 11.9. The molecule has 3 heterocycles. The predicted molar refractivity (Wildman–Crippen MR) is 65.2 cm³/mol. The average Bonchev–Trinajstić information content (AvgIpc) is 2.95. The Kier molecular flexibility index (Phi) is 2.19. The summed E-state index contributed by atoms with van der Waals surface area (Å²) >= 11 is 0. The summed E-state index contributed by atoms with van der Waals surface area (Å²) in [5.41, 5.74) is 0.673. The molecule has 0 spiro atoms. The van der Waals surface area contributed by atoms with Crippen molar-refractivity contribution in [3.05, 3.63) is 12.1 Å². The van der Waals surface area contributed by atoms with E-state index in [4.69, 9.17) is 0 Å². The van der Waals surface area contributed by atoms with Crippen molar-refractivity contribution in [2.45, 2.75) is 31.3 Å². The molecule has 1 N–H and O–H groups in total. The summed E-state index contributed by atoms with van der Waals surface area (Å²) < 4.78 is 1.45. The van der Waals surface area contributed by atoms with Gasteiger partial charge in [-0.2, -0.15) is 0 Å². The summed E-state index contributed by atoms with van der Waals surface area (Å²) in [4.78, 5) is 2.58. The average molecular weight is 245 g/mol. The van der Waals surface area contributed by atoms with Crippen LogP contribution in [0.2, 0.25) is 0 Å². The Labute approximate surface area is 104 Å². The van der Waals surface area contributed by atoms with Crippen molar-refractivity contribution in [3.63, 3.8) is 0 Å². The zero-order valence-electron chi connectivity index (χ0n) is 10.0. The maximum atomic E-state index is 4.34. The van der Waals surface area contributed by atoms with Crippen LogP contribution in [-0.2, 0) is 0 Å². The Bertz CT molecular complexity index is 561. The molecule has 7 heteroatoms. The number of anilines is 1. The standard InChI is InChI=1S/C11H15N7/c1-2-9(1)17-6-5-8(7-17)12-10-3-4-11-13-15-16-18(11)14-10/h3-4,8-9H,1-2,5-7H2,(H,12,14). The molecule has 0 radical (unpaired) electrons. The van der Waals surface area contributed by atoms with Crippen molar-refractivity contribution in [1.29, 1.82) is 0 Å². The fourth-order valence-corrected chi connectivity index (χ4v) is 2.61. The Balaban J connectivity index is 1.47. The van der Waals surface area contributed by atoms with Gasteiger partial charge in [0.1, 0.15) is 5.82 Å². The van der Waals surface area contributed by atoms with Crippen LogP contribution < -0.4 is 5.32 Å². The summed E-state index contributed by atoms with van der Waals surface area (Å²) in [6.45, 7) is 2.33. The maximum absolute atomic E-state index is 4.34. The van der Waals surface area contributed by atoms with Gasteiger partial charge < -0.3 is 5.32 Å². The lowest BCUT2D eigenvalue weighted by atomic mass is 10.2. The molecule has 1 aliphatic carbocycles. The van der Waals surface area contributed by atoms with Gasteiger partial charge in [-0.3, -0.25) is 4.90 Å². The molecule has 94 valence electrons. The van der Waals surface area contributed by atoms with Crippen molar-refractivity contribution in [2.24, 2.45) is 0 Å². The van der Waals surface area contributed by atoms with E-state index in [0.29, 0.717) is 11.7 Å². The van der Waals surface area contributed by atoms with Gasteiger partial charge in [-0.15, -0.1) is 14.8 Å². The molecule has 1 saturated heterocycles. The maximum Gasteiger partial charge on any atom is 0.200 e. The molecule has 1 unspecified atom stereocenters. The summed E-state index contributed by atoms with van der Waals surface area (Å²) in [6.07, 6.45) is 3.94. The van der Waals surface area contributed by atoms with Gasteiger partial charge in [-0.1, -0.05) is 0 Å². The molecule has 1 aliphatic heterocycles. The highest BCUT2D eigenvalue weighted by atomic mass is 15.6. The van der Waals surface area contributed by atoms with Gasteiger partial charge in [0.25, 0.3) is 0 Å². The fraction of sp³-hybridized carbons (Fsp3) is 0.636. The highest BCUT2D eigenvalue weighted by Gasteiger charge is 2.34. The molecular formula is C11H15N7. The molecule has 4 rings (SSSR count). The zero-order valence-corrected chi connectivity index (χ0v) is 10.0. The highest BCUT2D eigenvalue weighted by molar-refractivity contribution is 5.42. The minimum absolute atomic E-state index is 0.493. The lowest BCUT2D eigenvalue weighted by Crippen LogP contribution is -2.28. The molecule has 1 saturated carbocycles. The van der Waals surface area contributed by atoms with E-state index in [1.54, 1.807) is 0 Å². The van der Waals surface area contributed by atoms with Crippen molar-refractivity contribution < 1.29 is 0 Å². The second-order valence-electron chi connectivity index (χ2n) is 5.10. The molecular weight excluding hydrogens is 230 g/mol. The third kappa shape index (κ3) is 1.80. The normalized spacial score (nSPS) is 24.8. The minimum atomic E-state index is 0.493. The quantitative estimate of drug-likeness (QED) is 0.831. The van der Waals surface area contributed by atoms with Gasteiger partial charge in [-0.25, -0.2) is 0 Å². The fourth-order valence-electron chi connectivity index (χ4n) is 2.61. The highest BCUT2D eigenvalue weighted by Crippen LogP contribution is 2.30. The summed E-state index contributed by atoms with van der Waals surface area (Å²) in [7, 11) is 0. The van der Waals surface area contributed by atoms with Crippen LogP contribution in [-0.4, -0.2) is 55.3 Å². The molecule has 2 aromatic rings. The molecule has 0 bridgehead atoms. The van der Waals surface area contributed by atoms with Gasteiger partial charge >= 0.3 is 0 Å². The van der Waals surface area contributed by atoms with Crippen LogP contribution >= 0.6 is 0 Å². The van der Waals surface area contributed by atoms with E-state index in [1.807, 2.05) is 12.1 Å². The van der Waals surface area contributed by atoms with E-state index >= 15 is 0 Å². The van der Waals surface area contributed by atoms with Crippen molar-refractivity contribution in [2.75, 3.05) is 18.4 Å². The van der Waals surface area contributed by atoms with E-state index in [1.165, 1.54) is 30.4 Å². The van der Waals surface area contributed by atoms with E-state index in [2.05, 4.69) is 30.8 Å². The number of hydrogen-bond acceptors (Lipinski definition) is 6. The monoisotopic (exact) mass is 245 g/mol. The minimum Gasteiger partial charge on any atom is -0.365 e. The Morgan fingerprint density at radius 3 is 3.06 bits per heavy atom. The molecule has 0 amide bonds. The number of fused-ring (bicyclic) bond motifs is 1. The van der Waals surface area contributed by atoms with Crippen LogP contribution in [0.15, 0.2) is 12.1 Å². The van der Waals surface area contributed by atoms with E-state index < -0.39 is 0 Å². The SMILES string of the molecule is c1cc2nnnn2nc1NC1CCN(C2CC2)C1. The first kappa shape index (κ1) is 10.2. The van der Waals surface area contributed by atoms with Crippen molar-refractivity contribution in [1.82, 2.24) is 30.2 Å². The first-order chi connectivity index (χ1) is 8.88. The van der Waals surface area contributed by atoms with Crippen LogP contribution in [0.25, 0.3) is 5.65 Å². The second kappa shape index (κ2) is 3.88. The number of tetrazole rings is 1. The van der Waals surface area contributed by atoms with Crippen molar-refractivity contribution >= 4 is 11.5 Å².